The van der Waals surface area contributed by atoms with E-state index < -0.39 is 0 Å². The first kappa shape index (κ1) is 11.3. The molecule has 0 spiro atoms. The smallest absolute Gasteiger partial charge is 0.163 e. The summed E-state index contributed by atoms with van der Waals surface area (Å²) in [5.74, 6) is -0.167. The maximum Gasteiger partial charge on any atom is 0.163 e. The molecule has 4 heteroatoms. The van der Waals surface area contributed by atoms with Crippen molar-refractivity contribution in [1.82, 2.24) is 0 Å². The van der Waals surface area contributed by atoms with Crippen LogP contribution >= 0.6 is 0 Å². The summed E-state index contributed by atoms with van der Waals surface area (Å²) in [6, 6.07) is 4.28. The van der Waals surface area contributed by atoms with Crippen LogP contribution < -0.4 is 0 Å². The summed E-state index contributed by atoms with van der Waals surface area (Å²) < 4.78 is 0. The second-order valence-electron chi connectivity index (χ2n) is 3.99. The van der Waals surface area contributed by atoms with Crippen LogP contribution in [0.15, 0.2) is 41.7 Å². The van der Waals surface area contributed by atoms with Gasteiger partial charge in [0.05, 0.1) is 6.42 Å². The summed E-state index contributed by atoms with van der Waals surface area (Å²) in [6.07, 6.45) is 3.34. The van der Waals surface area contributed by atoms with Gasteiger partial charge in [0.25, 0.3) is 0 Å². The summed E-state index contributed by atoms with van der Waals surface area (Å²) in [5, 5.41) is 28.1. The molecule has 0 saturated heterocycles. The van der Waals surface area contributed by atoms with E-state index in [1.807, 2.05) is 0 Å². The third kappa shape index (κ3) is 2.66. The Morgan fingerprint density at radius 1 is 1.12 bits per heavy atom. The summed E-state index contributed by atoms with van der Waals surface area (Å²) >= 11 is 0. The number of carbonyl (C=O) groups excluding carboxylic acids is 1. The van der Waals surface area contributed by atoms with Gasteiger partial charge in [0.1, 0.15) is 17.3 Å². The molecule has 17 heavy (non-hydrogen) atoms. The number of hydrogen-bond acceptors (Lipinski definition) is 4. The van der Waals surface area contributed by atoms with Crippen LogP contribution in [0.1, 0.15) is 12.0 Å². The van der Waals surface area contributed by atoms with Crippen molar-refractivity contribution < 1.29 is 20.1 Å². The van der Waals surface area contributed by atoms with Gasteiger partial charge in [-0.05, 0) is 29.4 Å². The van der Waals surface area contributed by atoms with Gasteiger partial charge in [-0.3, -0.25) is 4.79 Å². The number of aliphatic hydroxyl groups excluding tert-OH is 1. The second kappa shape index (κ2) is 4.33. The van der Waals surface area contributed by atoms with Crippen molar-refractivity contribution in [1.29, 1.82) is 0 Å². The van der Waals surface area contributed by atoms with Gasteiger partial charge in [0, 0.05) is 12.5 Å². The standard InChI is InChI=1S/C13H12O4/c14-10-2-1-9(13(17)7-10)3-8-4-11(15)6-12(16)5-8/h1-2,4-5,7,14-15,17H,3,6H2. The van der Waals surface area contributed by atoms with Crippen LogP contribution in [0, 0.1) is 0 Å². The summed E-state index contributed by atoms with van der Waals surface area (Å²) in [4.78, 5) is 11.2. The molecule has 0 aliphatic heterocycles. The molecule has 1 aliphatic rings. The Balaban J connectivity index is 2.24. The maximum absolute atomic E-state index is 11.2. The number of ketones is 1. The van der Waals surface area contributed by atoms with Gasteiger partial charge >= 0.3 is 0 Å². The molecule has 4 nitrogen and oxygen atoms in total. The molecule has 2 rings (SSSR count). The highest BCUT2D eigenvalue weighted by molar-refractivity contribution is 5.93. The van der Waals surface area contributed by atoms with Crippen LogP contribution in [-0.2, 0) is 11.2 Å². The molecule has 1 aromatic carbocycles. The molecular weight excluding hydrogens is 220 g/mol. The highest BCUT2D eigenvalue weighted by atomic mass is 16.3. The number of hydrogen-bond donors (Lipinski definition) is 3. The molecule has 3 N–H and O–H groups in total. The highest BCUT2D eigenvalue weighted by Gasteiger charge is 2.12. The first-order chi connectivity index (χ1) is 8.04. The van der Waals surface area contributed by atoms with Crippen LogP contribution in [0.2, 0.25) is 0 Å². The molecule has 0 unspecified atom stereocenters. The summed E-state index contributed by atoms with van der Waals surface area (Å²) in [6.45, 7) is 0. The van der Waals surface area contributed by atoms with E-state index in [0.29, 0.717) is 17.6 Å². The Hall–Kier alpha value is -2.23. The number of rotatable bonds is 2. The van der Waals surface area contributed by atoms with Crippen LogP contribution in [0.4, 0.5) is 0 Å². The molecule has 1 aromatic rings. The lowest BCUT2D eigenvalue weighted by Crippen LogP contribution is -2.04. The minimum absolute atomic E-state index is 0.0154. The molecule has 0 atom stereocenters. The van der Waals surface area contributed by atoms with E-state index in [1.54, 1.807) is 6.07 Å². The van der Waals surface area contributed by atoms with Crippen molar-refractivity contribution in [2.24, 2.45) is 0 Å². The average Bonchev–Trinajstić information content (AvgIpc) is 2.21. The Morgan fingerprint density at radius 3 is 2.53 bits per heavy atom. The Labute approximate surface area is 98.1 Å². The van der Waals surface area contributed by atoms with Crippen molar-refractivity contribution >= 4 is 5.78 Å². The van der Waals surface area contributed by atoms with Crippen LogP contribution in [-0.4, -0.2) is 21.1 Å². The van der Waals surface area contributed by atoms with E-state index >= 15 is 0 Å². The molecule has 0 radical (unpaired) electrons. The quantitative estimate of drug-likeness (QED) is 0.728. The topological polar surface area (TPSA) is 77.8 Å². The number of benzene rings is 1. The van der Waals surface area contributed by atoms with Crippen molar-refractivity contribution in [2.75, 3.05) is 0 Å². The first-order valence-electron chi connectivity index (χ1n) is 5.18. The van der Waals surface area contributed by atoms with E-state index in [-0.39, 0.29) is 29.5 Å². The van der Waals surface area contributed by atoms with Gasteiger partial charge in [0.2, 0.25) is 0 Å². The van der Waals surface area contributed by atoms with Crippen LogP contribution in [0.3, 0.4) is 0 Å². The Morgan fingerprint density at radius 2 is 1.88 bits per heavy atom. The maximum atomic E-state index is 11.2. The molecule has 0 heterocycles. The summed E-state index contributed by atoms with van der Waals surface area (Å²) in [7, 11) is 0. The zero-order chi connectivity index (χ0) is 12.4. The van der Waals surface area contributed by atoms with Gasteiger partial charge in [-0.1, -0.05) is 6.07 Å². The molecule has 0 saturated carbocycles. The molecule has 0 aromatic heterocycles. The predicted molar refractivity (Wildman–Crippen MR) is 61.9 cm³/mol. The van der Waals surface area contributed by atoms with Crippen molar-refractivity contribution in [2.45, 2.75) is 12.8 Å². The summed E-state index contributed by atoms with van der Waals surface area (Å²) in [5.41, 5.74) is 1.23. The van der Waals surface area contributed by atoms with E-state index in [9.17, 15) is 15.0 Å². The lowest BCUT2D eigenvalue weighted by atomic mass is 9.97. The van der Waals surface area contributed by atoms with Crippen molar-refractivity contribution in [3.8, 4) is 11.5 Å². The Bertz CT molecular complexity index is 526. The third-order valence-electron chi connectivity index (χ3n) is 2.52. The molecule has 88 valence electrons. The zero-order valence-corrected chi connectivity index (χ0v) is 9.05. The lowest BCUT2D eigenvalue weighted by molar-refractivity contribution is -0.114. The zero-order valence-electron chi connectivity index (χ0n) is 9.05. The number of phenols is 2. The van der Waals surface area contributed by atoms with Gasteiger partial charge in [-0.2, -0.15) is 0 Å². The van der Waals surface area contributed by atoms with E-state index in [4.69, 9.17) is 5.11 Å². The van der Waals surface area contributed by atoms with E-state index in [2.05, 4.69) is 0 Å². The van der Waals surface area contributed by atoms with Crippen molar-refractivity contribution in [3.63, 3.8) is 0 Å². The molecule has 0 fully saturated rings. The fourth-order valence-electron chi connectivity index (χ4n) is 1.77. The molecule has 0 amide bonds. The predicted octanol–water partition coefficient (Wildman–Crippen LogP) is 1.98. The molecule has 1 aliphatic carbocycles. The lowest BCUT2D eigenvalue weighted by Gasteiger charge is -2.10. The van der Waals surface area contributed by atoms with Gasteiger partial charge in [0.15, 0.2) is 5.78 Å². The largest absolute Gasteiger partial charge is 0.512 e. The number of aliphatic hydroxyl groups is 1. The minimum Gasteiger partial charge on any atom is -0.512 e. The van der Waals surface area contributed by atoms with Gasteiger partial charge in [-0.25, -0.2) is 0 Å². The number of phenolic OH excluding ortho intramolecular Hbond substituents is 2. The number of aromatic hydroxyl groups is 2. The second-order valence-corrected chi connectivity index (χ2v) is 3.99. The molecule has 0 bridgehead atoms. The Kier molecular flexibility index (Phi) is 2.87. The van der Waals surface area contributed by atoms with Crippen LogP contribution in [0.5, 0.6) is 11.5 Å². The fourth-order valence-corrected chi connectivity index (χ4v) is 1.77. The number of carbonyl (C=O) groups is 1. The van der Waals surface area contributed by atoms with Gasteiger partial charge in [-0.15, -0.1) is 0 Å². The van der Waals surface area contributed by atoms with E-state index in [1.165, 1.54) is 24.3 Å². The van der Waals surface area contributed by atoms with Crippen molar-refractivity contribution in [3.05, 3.63) is 47.2 Å². The monoisotopic (exact) mass is 232 g/mol. The fraction of sp³-hybridized carbons (Fsp3) is 0.154. The highest BCUT2D eigenvalue weighted by Crippen LogP contribution is 2.26. The number of allylic oxidation sites excluding steroid dienone is 4. The first-order valence-corrected chi connectivity index (χ1v) is 5.18. The van der Waals surface area contributed by atoms with Crippen LogP contribution in [0.25, 0.3) is 0 Å². The average molecular weight is 232 g/mol. The third-order valence-corrected chi connectivity index (χ3v) is 2.52. The SMILES string of the molecule is O=C1C=C(Cc2ccc(O)cc2O)C=C(O)C1. The van der Waals surface area contributed by atoms with Gasteiger partial charge < -0.3 is 15.3 Å². The van der Waals surface area contributed by atoms with E-state index in [0.717, 1.165) is 0 Å². The molecular formula is C13H12O4. The minimum atomic E-state index is -0.154. The normalized spacial score (nSPS) is 15.4.